The van der Waals surface area contributed by atoms with E-state index in [-0.39, 0.29) is 29.6 Å². The molecule has 7 rings (SSSR count). The zero-order chi connectivity index (χ0) is 41.0. The summed E-state index contributed by atoms with van der Waals surface area (Å²) in [6.45, 7) is 2.34. The first-order chi connectivity index (χ1) is 27.1. The molecule has 6 heterocycles. The number of aliphatic hydroxyl groups excluding tert-OH is 1. The van der Waals surface area contributed by atoms with Crippen molar-refractivity contribution < 1.29 is 57.1 Å². The van der Waals surface area contributed by atoms with Gasteiger partial charge in [0.15, 0.2) is 0 Å². The van der Waals surface area contributed by atoms with Crippen molar-refractivity contribution in [3.63, 3.8) is 0 Å². The van der Waals surface area contributed by atoms with E-state index in [9.17, 15) is 38.1 Å². The molecule has 17 heteroatoms. The van der Waals surface area contributed by atoms with Crippen LogP contribution in [0.4, 0.5) is 13.2 Å². The summed E-state index contributed by atoms with van der Waals surface area (Å²) in [7, 11) is 2.37. The van der Waals surface area contributed by atoms with Crippen LogP contribution in [0.15, 0.2) is 64.1 Å². The van der Waals surface area contributed by atoms with Crippen LogP contribution in [-0.2, 0) is 24.7 Å². The third-order valence-electron chi connectivity index (χ3n) is 11.5. The maximum absolute atomic E-state index is 13.6. The number of epoxide rings is 1. The van der Waals surface area contributed by atoms with E-state index in [4.69, 9.17) is 19.4 Å². The maximum Gasteiger partial charge on any atom is 0.430 e. The van der Waals surface area contributed by atoms with E-state index < -0.39 is 29.8 Å². The number of thiophene rings is 2. The Morgan fingerprint density at radius 3 is 2.11 bits per heavy atom. The number of carboxylic acid groups (broad SMARTS) is 1. The average molecular weight is 836 g/mol. The number of quaternary nitrogens is 1. The highest BCUT2D eigenvalue weighted by atomic mass is 32.1. The number of alkyl halides is 3. The number of H-pyrrole nitrogens is 1. The monoisotopic (exact) mass is 835 g/mol. The highest BCUT2D eigenvalue weighted by molar-refractivity contribution is 7.12. The number of fused-ring (bicyclic) bond motifs is 6. The number of unbranched alkanes of at least 4 members (excludes halogenated alkanes) is 6. The average Bonchev–Trinajstić information content (AvgIpc) is 3.45. The molecule has 57 heavy (non-hydrogen) atoms. The lowest BCUT2D eigenvalue weighted by atomic mass is 9.94. The topological polar surface area (TPSA) is 185 Å². The fourth-order valence-corrected chi connectivity index (χ4v) is 10.2. The summed E-state index contributed by atoms with van der Waals surface area (Å²) in [6, 6.07) is 14.2. The van der Waals surface area contributed by atoms with Crippen molar-refractivity contribution in [1.29, 1.82) is 0 Å². The Labute approximate surface area is 335 Å². The number of aromatic hydroxyl groups is 1. The van der Waals surface area contributed by atoms with Crippen LogP contribution >= 0.6 is 22.7 Å². The zero-order valence-corrected chi connectivity index (χ0v) is 33.0. The molecule has 5 N–H and O–H groups in total. The minimum Gasteiger partial charge on any atom is -0.542 e. The van der Waals surface area contributed by atoms with Gasteiger partial charge in [-0.15, -0.1) is 22.7 Å². The van der Waals surface area contributed by atoms with Crippen LogP contribution in [0.2, 0.25) is 0 Å². The zero-order valence-electron chi connectivity index (χ0n) is 31.4. The molecule has 4 aromatic rings. The molecular weight excluding hydrogens is 788 g/mol. The number of ether oxygens (including phenoxy) is 2. The number of aromatic nitrogens is 1. The minimum absolute atomic E-state index is 0.00837. The van der Waals surface area contributed by atoms with E-state index in [1.165, 1.54) is 66.9 Å². The fraction of sp³-hybridized carbons (Fsp3) is 0.525. The summed E-state index contributed by atoms with van der Waals surface area (Å²) in [6.07, 6.45) is 4.04. The van der Waals surface area contributed by atoms with Crippen LogP contribution in [0.1, 0.15) is 79.2 Å². The lowest BCUT2D eigenvalue weighted by Gasteiger charge is -2.48. The SMILES string of the molecule is C[N+]1(CCCCCCCCCNC[C@H](O)c2ccc(O)c3[nH]c(=O)ccc23)C2CC(OC(=O)C(O)(c3cccs3)c3cccs3)CC1C1OC12.O=C([O-])C(F)(F)F. The molecule has 3 aromatic heterocycles. The lowest BCUT2D eigenvalue weighted by Crippen LogP contribution is -2.63. The van der Waals surface area contributed by atoms with Gasteiger partial charge in [-0.3, -0.25) is 4.79 Å². The summed E-state index contributed by atoms with van der Waals surface area (Å²) >= 11 is 2.74. The van der Waals surface area contributed by atoms with Crippen molar-refractivity contribution in [2.24, 2.45) is 0 Å². The molecule has 310 valence electrons. The summed E-state index contributed by atoms with van der Waals surface area (Å²) in [4.78, 5) is 37.9. The van der Waals surface area contributed by atoms with Crippen LogP contribution < -0.4 is 16.0 Å². The maximum atomic E-state index is 13.6. The number of likely N-dealkylation sites (N-methyl/N-ethyl adjacent to an activating group) is 1. The molecule has 4 unspecified atom stereocenters. The number of carbonyl (C=O) groups is 2. The molecule has 3 saturated heterocycles. The first-order valence-corrected chi connectivity index (χ1v) is 20.9. The van der Waals surface area contributed by atoms with Crippen molar-refractivity contribution in [3.05, 3.63) is 85.0 Å². The van der Waals surface area contributed by atoms with Gasteiger partial charge in [-0.1, -0.05) is 43.9 Å². The van der Waals surface area contributed by atoms with Crippen LogP contribution in [-0.4, -0.2) is 100.0 Å². The van der Waals surface area contributed by atoms with Crippen molar-refractivity contribution in [2.45, 2.75) is 106 Å². The van der Waals surface area contributed by atoms with Gasteiger partial charge >= 0.3 is 12.1 Å². The standard InChI is InChI=1S/C38H47N3O7S2.C2HF3O2/c1-41(18-8-6-4-2-3-5-7-17-39-23-30(43)25-13-15-29(42)34-26(25)14-16-33(44)40-34)27-21-24(22-28(41)36-35(27)48-36)47-37(45)38(46,31-11-9-19-49-31)32-12-10-20-50-32;3-2(4,5)1(6)7/h9-16,19-20,24,27-28,30,35-36,39,43,46H,2-8,17-18,21-23H2,1H3,(H-,40,42,44);(H,6,7)/t24?,27?,28?,30-,35?,36?,41?;/m0./s1. The molecule has 2 bridgehead atoms. The molecule has 12 nitrogen and oxygen atoms in total. The van der Waals surface area contributed by atoms with Gasteiger partial charge in [-0.25, -0.2) is 4.79 Å². The molecule has 3 fully saturated rings. The van der Waals surface area contributed by atoms with Crippen molar-refractivity contribution in [3.8, 4) is 5.75 Å². The van der Waals surface area contributed by atoms with Gasteiger partial charge in [-0.05, 0) is 66.4 Å². The Kier molecular flexibility index (Phi) is 13.5. The van der Waals surface area contributed by atoms with E-state index in [0.717, 1.165) is 43.3 Å². The fourth-order valence-electron chi connectivity index (χ4n) is 8.50. The van der Waals surface area contributed by atoms with Crippen LogP contribution in [0.25, 0.3) is 10.9 Å². The van der Waals surface area contributed by atoms with Crippen LogP contribution in [0, 0.1) is 0 Å². The first kappa shape index (κ1) is 42.8. The number of benzene rings is 1. The van der Waals surface area contributed by atoms with Gasteiger partial charge < -0.3 is 49.5 Å². The number of morpholine rings is 1. The van der Waals surface area contributed by atoms with E-state index in [1.807, 2.05) is 22.9 Å². The van der Waals surface area contributed by atoms with Gasteiger partial charge in [-0.2, -0.15) is 13.2 Å². The number of hydrogen-bond donors (Lipinski definition) is 5. The molecule has 5 atom stereocenters. The largest absolute Gasteiger partial charge is 0.542 e. The molecule has 3 aliphatic rings. The lowest BCUT2D eigenvalue weighted by molar-refractivity contribution is -0.956. The summed E-state index contributed by atoms with van der Waals surface area (Å²) < 4.78 is 44.7. The van der Waals surface area contributed by atoms with Gasteiger partial charge in [0.25, 0.3) is 0 Å². The normalized spacial score (nSPS) is 24.4. The van der Waals surface area contributed by atoms with Crippen molar-refractivity contribution in [2.75, 3.05) is 26.7 Å². The highest BCUT2D eigenvalue weighted by Crippen LogP contribution is 2.53. The van der Waals surface area contributed by atoms with Gasteiger partial charge in [0, 0.05) is 30.8 Å². The van der Waals surface area contributed by atoms with E-state index in [2.05, 4.69) is 17.3 Å². The minimum atomic E-state index is -5.19. The molecule has 0 aliphatic carbocycles. The smallest absolute Gasteiger partial charge is 0.430 e. The Morgan fingerprint density at radius 1 is 0.965 bits per heavy atom. The molecule has 0 radical (unpaired) electrons. The molecule has 0 amide bonds. The number of phenols is 1. The third-order valence-corrected chi connectivity index (χ3v) is 13.5. The number of pyridine rings is 1. The molecule has 3 aliphatic heterocycles. The summed E-state index contributed by atoms with van der Waals surface area (Å²) in [5, 5.41) is 49.0. The van der Waals surface area contributed by atoms with Gasteiger partial charge in [0.05, 0.1) is 35.0 Å². The number of aliphatic hydroxyl groups is 2. The van der Waals surface area contributed by atoms with Crippen LogP contribution in [0.5, 0.6) is 5.75 Å². The van der Waals surface area contributed by atoms with Gasteiger partial charge in [0.2, 0.25) is 11.2 Å². The number of aromatic amines is 1. The second-order valence-electron chi connectivity index (χ2n) is 15.2. The number of carboxylic acids is 1. The second-order valence-corrected chi connectivity index (χ2v) is 17.1. The number of piperidine rings is 1. The van der Waals surface area contributed by atoms with Gasteiger partial charge in [0.1, 0.15) is 42.1 Å². The number of halogens is 3. The van der Waals surface area contributed by atoms with Crippen molar-refractivity contribution in [1.82, 2.24) is 10.3 Å². The van der Waals surface area contributed by atoms with Crippen LogP contribution in [0.3, 0.4) is 0 Å². The summed E-state index contributed by atoms with van der Waals surface area (Å²) in [5.41, 5.74) is -1.04. The van der Waals surface area contributed by atoms with E-state index in [1.54, 1.807) is 24.3 Å². The number of esters is 1. The number of carbonyl (C=O) groups excluding carboxylic acids is 2. The second kappa shape index (κ2) is 18.0. The third kappa shape index (κ3) is 9.56. The number of aliphatic carboxylic acids is 1. The Bertz CT molecular complexity index is 1970. The predicted molar refractivity (Wildman–Crippen MR) is 205 cm³/mol. The number of rotatable bonds is 17. The highest BCUT2D eigenvalue weighted by Gasteiger charge is 2.72. The molecule has 1 aromatic carbocycles. The van der Waals surface area contributed by atoms with E-state index in [0.29, 0.717) is 44.8 Å². The quantitative estimate of drug-likeness (QED) is 0.0436. The first-order valence-electron chi connectivity index (χ1n) is 19.2. The number of nitrogens with zero attached hydrogens (tertiary/aromatic N) is 1. The Hall–Kier alpha value is -3.84. The Balaban J connectivity index is 0.000000719. The predicted octanol–water partition coefficient (Wildman–Crippen LogP) is 4.62. The Morgan fingerprint density at radius 2 is 1.54 bits per heavy atom. The molecular formula is C40H48F3N3O9S2. The van der Waals surface area contributed by atoms with Crippen molar-refractivity contribution >= 4 is 45.5 Å². The molecule has 0 spiro atoms. The van der Waals surface area contributed by atoms with E-state index >= 15 is 0 Å². The summed E-state index contributed by atoms with van der Waals surface area (Å²) in [5.74, 6) is -3.59. The number of hydrogen-bond acceptors (Lipinski definition) is 12. The molecule has 0 saturated carbocycles. The number of phenolic OH excluding ortho intramolecular Hbond substituents is 1. The number of nitrogens with one attached hydrogen (secondary N) is 2.